The number of nitro groups is 1. The molecule has 0 radical (unpaired) electrons. The summed E-state index contributed by atoms with van der Waals surface area (Å²) in [6.45, 7) is 7.46. The van der Waals surface area contributed by atoms with Crippen molar-refractivity contribution in [1.82, 2.24) is 4.90 Å². The lowest BCUT2D eigenvalue weighted by molar-refractivity contribution is -0.933. The fourth-order valence-electron chi connectivity index (χ4n) is 3.85. The van der Waals surface area contributed by atoms with Crippen LogP contribution in [0.5, 0.6) is 0 Å². The average molecular weight is 483 g/mol. The summed E-state index contributed by atoms with van der Waals surface area (Å²) >= 11 is 5.85. The van der Waals surface area contributed by atoms with Crippen molar-refractivity contribution in [2.45, 2.75) is 4.90 Å². The first kappa shape index (κ1) is 24.1. The molecular weight excluding hydrogens is 460 g/mol. The Morgan fingerprint density at radius 2 is 1.66 bits per heavy atom. The van der Waals surface area contributed by atoms with E-state index in [1.165, 1.54) is 0 Å². The number of piperazine rings is 3. The van der Waals surface area contributed by atoms with E-state index in [2.05, 4.69) is 4.90 Å². The van der Waals surface area contributed by atoms with Crippen LogP contribution in [0.1, 0.15) is 10.4 Å². The molecule has 3 fully saturated rings. The molecule has 0 aliphatic carbocycles. The number of nitrogen functional groups attached to an aromatic ring is 1. The SMILES string of the molecule is Nc1ccc([N+](=O)[O-])cc1S(=O)(=O)[O-].O=C(C[N+]12CCN(CC1)CC2)c1ccc(Cl)cc1. The van der Waals surface area contributed by atoms with Crippen molar-refractivity contribution in [3.8, 4) is 0 Å². The van der Waals surface area contributed by atoms with Gasteiger partial charge in [-0.1, -0.05) is 11.6 Å². The molecule has 32 heavy (non-hydrogen) atoms. The van der Waals surface area contributed by atoms with Gasteiger partial charge in [0.15, 0.2) is 0 Å². The van der Waals surface area contributed by atoms with Gasteiger partial charge in [0.2, 0.25) is 5.78 Å². The molecule has 2 aromatic rings. The molecule has 0 amide bonds. The lowest BCUT2D eigenvalue weighted by Gasteiger charge is -2.50. The number of hydrogen-bond acceptors (Lipinski definition) is 8. The van der Waals surface area contributed by atoms with Gasteiger partial charge in [-0.25, -0.2) is 8.42 Å². The molecule has 3 heterocycles. The molecule has 12 heteroatoms. The van der Waals surface area contributed by atoms with Gasteiger partial charge >= 0.3 is 0 Å². The van der Waals surface area contributed by atoms with Crippen LogP contribution in [-0.4, -0.2) is 78.9 Å². The van der Waals surface area contributed by atoms with Crippen LogP contribution in [0.4, 0.5) is 11.4 Å². The zero-order valence-electron chi connectivity index (χ0n) is 17.1. The van der Waals surface area contributed by atoms with Gasteiger partial charge < -0.3 is 14.8 Å². The van der Waals surface area contributed by atoms with E-state index in [0.29, 0.717) is 17.6 Å². The van der Waals surface area contributed by atoms with Gasteiger partial charge in [-0.15, -0.1) is 0 Å². The summed E-state index contributed by atoms with van der Waals surface area (Å²) in [7, 11) is -4.77. The average Bonchev–Trinajstić information content (AvgIpc) is 2.75. The van der Waals surface area contributed by atoms with Gasteiger partial charge in [0, 0.05) is 48.0 Å². The minimum Gasteiger partial charge on any atom is -0.744 e. The molecule has 5 rings (SSSR count). The van der Waals surface area contributed by atoms with Crippen LogP contribution in [0.3, 0.4) is 0 Å². The number of rotatable bonds is 5. The third-order valence-electron chi connectivity index (χ3n) is 5.79. The van der Waals surface area contributed by atoms with Crippen molar-refractivity contribution in [3.05, 3.63) is 63.2 Å². The molecule has 0 unspecified atom stereocenters. The number of halogens is 1. The number of carbonyl (C=O) groups is 1. The highest BCUT2D eigenvalue weighted by Crippen LogP contribution is 2.23. The first-order valence-electron chi connectivity index (χ1n) is 9.85. The van der Waals surface area contributed by atoms with Crippen LogP contribution < -0.4 is 5.73 Å². The van der Waals surface area contributed by atoms with E-state index in [0.717, 1.165) is 61.4 Å². The molecule has 3 aliphatic rings. The summed E-state index contributed by atoms with van der Waals surface area (Å²) in [5.41, 5.74) is 5.17. The normalized spacial score (nSPS) is 22.0. The van der Waals surface area contributed by atoms with Crippen LogP contribution in [0.15, 0.2) is 47.4 Å². The third kappa shape index (κ3) is 5.81. The third-order valence-corrected chi connectivity index (χ3v) is 6.94. The van der Waals surface area contributed by atoms with E-state index >= 15 is 0 Å². The van der Waals surface area contributed by atoms with E-state index in [4.69, 9.17) is 17.3 Å². The maximum Gasteiger partial charge on any atom is 0.270 e. The van der Waals surface area contributed by atoms with Gasteiger partial charge in [0.1, 0.15) is 16.7 Å². The van der Waals surface area contributed by atoms with Crippen LogP contribution >= 0.6 is 11.6 Å². The van der Waals surface area contributed by atoms with Gasteiger partial charge in [-0.2, -0.15) is 0 Å². The first-order valence-corrected chi connectivity index (χ1v) is 11.6. The molecule has 172 valence electrons. The summed E-state index contributed by atoms with van der Waals surface area (Å²) in [6.07, 6.45) is 0. The highest BCUT2D eigenvalue weighted by molar-refractivity contribution is 7.86. The molecule has 2 N–H and O–H groups in total. The number of anilines is 1. The second kappa shape index (κ2) is 9.51. The Morgan fingerprint density at radius 3 is 2.16 bits per heavy atom. The molecule has 0 saturated carbocycles. The number of non-ortho nitro benzene ring substituents is 1. The van der Waals surface area contributed by atoms with Gasteiger partial charge in [0.05, 0.1) is 29.5 Å². The highest BCUT2D eigenvalue weighted by Gasteiger charge is 2.39. The number of nitrogens with two attached hydrogens (primary N) is 1. The topological polar surface area (TPSA) is 147 Å². The predicted molar refractivity (Wildman–Crippen MR) is 117 cm³/mol. The Balaban J connectivity index is 0.000000188. The van der Waals surface area contributed by atoms with E-state index in [1.54, 1.807) is 12.1 Å². The summed E-state index contributed by atoms with van der Waals surface area (Å²) in [5.74, 6) is 0.252. The number of ketones is 1. The second-order valence-electron chi connectivity index (χ2n) is 7.88. The monoisotopic (exact) mass is 482 g/mol. The van der Waals surface area contributed by atoms with Crippen molar-refractivity contribution < 1.29 is 27.2 Å². The largest absolute Gasteiger partial charge is 0.744 e. The number of quaternary nitrogens is 1. The van der Waals surface area contributed by atoms with E-state index in [9.17, 15) is 27.9 Å². The van der Waals surface area contributed by atoms with E-state index in [1.807, 2.05) is 12.1 Å². The van der Waals surface area contributed by atoms with E-state index in [-0.39, 0.29) is 11.5 Å². The first-order chi connectivity index (χ1) is 15.0. The lowest BCUT2D eigenvalue weighted by atomic mass is 10.1. The molecule has 2 bridgehead atoms. The molecular formula is C20H23ClN4O6S. The Bertz CT molecular complexity index is 1100. The van der Waals surface area contributed by atoms with Crippen molar-refractivity contribution >= 4 is 38.9 Å². The van der Waals surface area contributed by atoms with Crippen LogP contribution in [-0.2, 0) is 10.1 Å². The van der Waals surface area contributed by atoms with Crippen LogP contribution in [0.25, 0.3) is 0 Å². The smallest absolute Gasteiger partial charge is 0.270 e. The van der Waals surface area contributed by atoms with Gasteiger partial charge in [-0.3, -0.25) is 19.8 Å². The molecule has 3 saturated heterocycles. The number of nitrogens with zero attached hydrogens (tertiary/aromatic N) is 3. The summed E-state index contributed by atoms with van der Waals surface area (Å²) in [4.78, 5) is 23.5. The van der Waals surface area contributed by atoms with Gasteiger partial charge in [-0.05, 0) is 30.3 Å². The standard InChI is InChI=1S/C14H18ClN2O.C6H6N2O5S/c15-13-3-1-12(2-4-13)14(18)11-17-8-5-16(6-9-17)7-10-17;7-5-2-1-4(8(9)10)3-6(5)14(11,12)13/h1-4H,5-11H2;1-3H,7H2,(H,11,12,13)/q+1;/p-1. The molecule has 0 spiro atoms. The number of benzene rings is 2. The van der Waals surface area contributed by atoms with Crippen LogP contribution in [0.2, 0.25) is 5.02 Å². The number of hydrogen-bond donors (Lipinski definition) is 1. The molecule has 10 nitrogen and oxygen atoms in total. The van der Waals surface area contributed by atoms with E-state index < -0.39 is 25.6 Å². The van der Waals surface area contributed by atoms with Crippen molar-refractivity contribution in [2.75, 3.05) is 51.5 Å². The highest BCUT2D eigenvalue weighted by atomic mass is 35.5. The Hall–Kier alpha value is -2.57. The van der Waals surface area contributed by atoms with Crippen molar-refractivity contribution in [2.24, 2.45) is 0 Å². The zero-order valence-corrected chi connectivity index (χ0v) is 18.7. The number of nitro benzene ring substituents is 1. The quantitative estimate of drug-likeness (QED) is 0.169. The number of carbonyl (C=O) groups excluding carboxylic acids is 1. The fourth-order valence-corrected chi connectivity index (χ4v) is 4.60. The Kier molecular flexibility index (Phi) is 7.16. The Morgan fingerprint density at radius 1 is 1.09 bits per heavy atom. The maximum atomic E-state index is 12.3. The van der Waals surface area contributed by atoms with Crippen molar-refractivity contribution in [1.29, 1.82) is 0 Å². The summed E-state index contributed by atoms with van der Waals surface area (Å²) in [6, 6.07) is 9.92. The maximum absolute atomic E-state index is 12.3. The molecule has 0 atom stereocenters. The fraction of sp³-hybridized carbons (Fsp3) is 0.350. The minimum atomic E-state index is -4.77. The van der Waals surface area contributed by atoms with Gasteiger partial charge in [0.25, 0.3) is 5.69 Å². The summed E-state index contributed by atoms with van der Waals surface area (Å²) < 4.78 is 32.7. The predicted octanol–water partition coefficient (Wildman–Crippen LogP) is 1.75. The molecule has 0 aromatic heterocycles. The number of fused-ring (bicyclic) bond motifs is 3. The van der Waals surface area contributed by atoms with Crippen molar-refractivity contribution in [3.63, 3.8) is 0 Å². The zero-order chi connectivity index (χ0) is 23.5. The molecule has 3 aliphatic heterocycles. The second-order valence-corrected chi connectivity index (χ2v) is 9.66. The molecule has 2 aromatic carbocycles. The number of Topliss-reactive ketones (excluding diaryl/α,β-unsaturated/α-hetero) is 1. The Labute approximate surface area is 190 Å². The minimum absolute atomic E-state index is 0.252. The van der Waals surface area contributed by atoms with Crippen LogP contribution in [0, 0.1) is 10.1 Å². The lowest BCUT2D eigenvalue weighted by Crippen LogP contribution is -2.68. The summed E-state index contributed by atoms with van der Waals surface area (Å²) in [5, 5.41) is 10.9.